The van der Waals surface area contributed by atoms with Crippen LogP contribution in [0.1, 0.15) is 31.4 Å². The summed E-state index contributed by atoms with van der Waals surface area (Å²) in [6, 6.07) is 5.47. The second-order valence-corrected chi connectivity index (χ2v) is 3.93. The molecule has 0 saturated heterocycles. The first-order chi connectivity index (χ1) is 8.28. The van der Waals surface area contributed by atoms with Gasteiger partial charge in [-0.15, -0.1) is 12.4 Å². The molecule has 19 heavy (non-hydrogen) atoms. The van der Waals surface area contributed by atoms with Crippen molar-refractivity contribution in [1.29, 1.82) is 0 Å². The highest BCUT2D eigenvalue weighted by molar-refractivity contribution is 5.85. The van der Waals surface area contributed by atoms with E-state index in [2.05, 4.69) is 0 Å². The highest BCUT2D eigenvalue weighted by atomic mass is 35.5. The Morgan fingerprint density at radius 1 is 1.42 bits per heavy atom. The molecule has 0 spiro atoms. The molecular formula is C12H15ClF3NO2. The quantitative estimate of drug-likeness (QED) is 0.685. The molecule has 0 aromatic heterocycles. The molecule has 1 atom stereocenters. The number of alkyl halides is 3. The number of carbonyl (C=O) groups is 1. The van der Waals surface area contributed by atoms with E-state index in [9.17, 15) is 18.0 Å². The molecular weight excluding hydrogens is 283 g/mol. The maximum Gasteiger partial charge on any atom is 0.389 e. The van der Waals surface area contributed by atoms with Crippen molar-refractivity contribution in [2.24, 2.45) is 5.73 Å². The number of rotatable bonds is 4. The summed E-state index contributed by atoms with van der Waals surface area (Å²) < 4.78 is 41.0. The van der Waals surface area contributed by atoms with Crippen molar-refractivity contribution < 1.29 is 22.7 Å². The number of hydrogen-bond donors (Lipinski definition) is 1. The van der Waals surface area contributed by atoms with Crippen LogP contribution in [0.2, 0.25) is 0 Å². The van der Waals surface area contributed by atoms with Gasteiger partial charge in [0.1, 0.15) is 5.75 Å². The fourth-order valence-electron chi connectivity index (χ4n) is 1.46. The molecule has 108 valence electrons. The molecule has 0 aliphatic heterocycles. The number of nitrogens with two attached hydrogens (primary N) is 1. The van der Waals surface area contributed by atoms with Crippen molar-refractivity contribution in [3.05, 3.63) is 29.8 Å². The van der Waals surface area contributed by atoms with Crippen molar-refractivity contribution in [2.45, 2.75) is 32.0 Å². The summed E-state index contributed by atoms with van der Waals surface area (Å²) in [4.78, 5) is 10.7. The predicted octanol–water partition coefficient (Wildman–Crippen LogP) is 3.38. The van der Waals surface area contributed by atoms with Crippen molar-refractivity contribution in [1.82, 2.24) is 0 Å². The Balaban J connectivity index is 0.00000324. The van der Waals surface area contributed by atoms with Crippen LogP contribution in [0.15, 0.2) is 24.3 Å². The Kier molecular flexibility index (Phi) is 6.86. The van der Waals surface area contributed by atoms with Crippen LogP contribution in [0.5, 0.6) is 5.75 Å². The third-order valence-corrected chi connectivity index (χ3v) is 2.29. The van der Waals surface area contributed by atoms with Crippen molar-refractivity contribution in [3.8, 4) is 5.75 Å². The minimum absolute atomic E-state index is 0. The topological polar surface area (TPSA) is 52.3 Å². The summed E-state index contributed by atoms with van der Waals surface area (Å²) >= 11 is 0. The van der Waals surface area contributed by atoms with Gasteiger partial charge in [-0.25, -0.2) is 0 Å². The number of hydrogen-bond acceptors (Lipinski definition) is 3. The average molecular weight is 298 g/mol. The summed E-state index contributed by atoms with van der Waals surface area (Å²) in [5.41, 5.74) is 6.17. The Morgan fingerprint density at radius 2 is 2.05 bits per heavy atom. The normalized spacial score (nSPS) is 12.5. The number of carbonyl (C=O) groups excluding carboxylic acids is 1. The lowest BCUT2D eigenvalue weighted by atomic mass is 10.0. The zero-order valence-corrected chi connectivity index (χ0v) is 11.1. The number of esters is 1. The summed E-state index contributed by atoms with van der Waals surface area (Å²) in [6.07, 6.45) is -5.36. The minimum Gasteiger partial charge on any atom is -0.427 e. The van der Waals surface area contributed by atoms with Crippen LogP contribution in [0.4, 0.5) is 13.2 Å². The van der Waals surface area contributed by atoms with E-state index < -0.39 is 24.6 Å². The van der Waals surface area contributed by atoms with Gasteiger partial charge < -0.3 is 10.5 Å². The predicted molar refractivity (Wildman–Crippen MR) is 67.2 cm³/mol. The molecule has 0 fully saturated rings. The van der Waals surface area contributed by atoms with E-state index in [0.717, 1.165) is 0 Å². The molecule has 0 aliphatic carbocycles. The minimum atomic E-state index is -4.22. The number of benzene rings is 1. The van der Waals surface area contributed by atoms with E-state index in [0.29, 0.717) is 5.56 Å². The van der Waals surface area contributed by atoms with Gasteiger partial charge in [-0.2, -0.15) is 13.2 Å². The first-order valence-corrected chi connectivity index (χ1v) is 5.38. The SMILES string of the molecule is CC(=O)Oc1cccc([C@H](N)CCC(F)(F)F)c1.Cl. The number of halogens is 4. The van der Waals surface area contributed by atoms with Crippen LogP contribution < -0.4 is 10.5 Å². The van der Waals surface area contributed by atoms with Crippen LogP contribution >= 0.6 is 12.4 Å². The third-order valence-electron chi connectivity index (χ3n) is 2.29. The molecule has 3 nitrogen and oxygen atoms in total. The smallest absolute Gasteiger partial charge is 0.389 e. The highest BCUT2D eigenvalue weighted by Gasteiger charge is 2.27. The van der Waals surface area contributed by atoms with Crippen LogP contribution in [0.25, 0.3) is 0 Å². The third kappa shape index (κ3) is 7.03. The molecule has 0 aliphatic rings. The molecule has 0 heterocycles. The lowest BCUT2D eigenvalue weighted by molar-refractivity contribution is -0.136. The molecule has 2 N–H and O–H groups in total. The number of ether oxygens (including phenoxy) is 1. The summed E-state index contributed by atoms with van der Waals surface area (Å²) in [5.74, 6) is -0.210. The van der Waals surface area contributed by atoms with Gasteiger partial charge in [0.2, 0.25) is 0 Å². The van der Waals surface area contributed by atoms with Gasteiger partial charge in [0.25, 0.3) is 0 Å². The van der Waals surface area contributed by atoms with Gasteiger partial charge in [-0.05, 0) is 24.1 Å². The van der Waals surface area contributed by atoms with Gasteiger partial charge in [0.05, 0.1) is 0 Å². The lowest BCUT2D eigenvalue weighted by Crippen LogP contribution is -2.16. The lowest BCUT2D eigenvalue weighted by Gasteiger charge is -2.14. The maximum atomic E-state index is 12.1. The highest BCUT2D eigenvalue weighted by Crippen LogP contribution is 2.27. The van der Waals surface area contributed by atoms with E-state index in [1.165, 1.54) is 13.0 Å². The average Bonchev–Trinajstić information content (AvgIpc) is 2.24. The van der Waals surface area contributed by atoms with Crippen LogP contribution in [0, 0.1) is 0 Å². The fraction of sp³-hybridized carbons (Fsp3) is 0.417. The molecule has 0 saturated carbocycles. The van der Waals surface area contributed by atoms with E-state index in [1.807, 2.05) is 0 Å². The molecule has 1 aromatic carbocycles. The molecule has 1 aromatic rings. The fourth-order valence-corrected chi connectivity index (χ4v) is 1.46. The molecule has 0 radical (unpaired) electrons. The summed E-state index contributed by atoms with van der Waals surface area (Å²) in [7, 11) is 0. The molecule has 7 heteroatoms. The van der Waals surface area contributed by atoms with E-state index in [1.54, 1.807) is 18.2 Å². The van der Waals surface area contributed by atoms with E-state index >= 15 is 0 Å². The second-order valence-electron chi connectivity index (χ2n) is 3.93. The van der Waals surface area contributed by atoms with Crippen molar-refractivity contribution in [3.63, 3.8) is 0 Å². The molecule has 0 amide bonds. The zero-order chi connectivity index (χ0) is 13.8. The first-order valence-electron chi connectivity index (χ1n) is 5.38. The van der Waals surface area contributed by atoms with Gasteiger partial charge in [0.15, 0.2) is 0 Å². The van der Waals surface area contributed by atoms with Crippen molar-refractivity contribution in [2.75, 3.05) is 0 Å². The maximum absolute atomic E-state index is 12.1. The van der Waals surface area contributed by atoms with Gasteiger partial charge in [-0.1, -0.05) is 12.1 Å². The zero-order valence-electron chi connectivity index (χ0n) is 10.2. The monoisotopic (exact) mass is 297 g/mol. The van der Waals surface area contributed by atoms with Crippen LogP contribution in [0.3, 0.4) is 0 Å². The Bertz CT molecular complexity index is 424. The Hall–Kier alpha value is -1.27. The van der Waals surface area contributed by atoms with E-state index in [-0.39, 0.29) is 24.6 Å². The van der Waals surface area contributed by atoms with Gasteiger partial charge in [0, 0.05) is 19.4 Å². The summed E-state index contributed by atoms with van der Waals surface area (Å²) in [5, 5.41) is 0. The largest absolute Gasteiger partial charge is 0.427 e. The van der Waals surface area contributed by atoms with Crippen molar-refractivity contribution >= 4 is 18.4 Å². The molecule has 0 unspecified atom stereocenters. The summed E-state index contributed by atoms with van der Waals surface area (Å²) in [6.45, 7) is 1.25. The van der Waals surface area contributed by atoms with E-state index in [4.69, 9.17) is 10.5 Å². The first kappa shape index (κ1) is 17.7. The van der Waals surface area contributed by atoms with Crippen LogP contribution in [-0.2, 0) is 4.79 Å². The molecule has 1 rings (SSSR count). The standard InChI is InChI=1S/C12H14F3NO2.ClH/c1-8(17)18-10-4-2-3-9(7-10)11(16)5-6-12(13,14)15;/h2-4,7,11H,5-6,16H2,1H3;1H/t11-;/m1./s1. The second kappa shape index (κ2) is 7.35. The van der Waals surface area contributed by atoms with Gasteiger partial charge in [-0.3, -0.25) is 4.79 Å². The van der Waals surface area contributed by atoms with Gasteiger partial charge >= 0.3 is 12.1 Å². The molecule has 0 bridgehead atoms. The Morgan fingerprint density at radius 3 is 2.58 bits per heavy atom. The Labute approximate surface area is 115 Å². The van der Waals surface area contributed by atoms with Crippen LogP contribution in [-0.4, -0.2) is 12.1 Å².